The molecule has 0 unspecified atom stereocenters. The highest BCUT2D eigenvalue weighted by Gasteiger charge is 2.30. The summed E-state index contributed by atoms with van der Waals surface area (Å²) in [5.74, 6) is -1.21. The quantitative estimate of drug-likeness (QED) is 0.891. The number of hydrogen-bond acceptors (Lipinski definition) is 3. The van der Waals surface area contributed by atoms with Crippen LogP contribution in [0.4, 0.5) is 13.2 Å². The van der Waals surface area contributed by atoms with E-state index >= 15 is 0 Å². The zero-order valence-corrected chi connectivity index (χ0v) is 11.8. The second-order valence-corrected chi connectivity index (χ2v) is 5.43. The summed E-state index contributed by atoms with van der Waals surface area (Å²) in [5, 5.41) is 9.12. The minimum absolute atomic E-state index is 0.0591. The van der Waals surface area contributed by atoms with Gasteiger partial charge in [-0.25, -0.2) is 9.78 Å². The highest BCUT2D eigenvalue weighted by molar-refractivity contribution is 7.99. The molecule has 2 aromatic rings. The topological polar surface area (TPSA) is 50.2 Å². The lowest BCUT2D eigenvalue weighted by Crippen LogP contribution is -2.05. The number of carboxylic acids is 1. The normalized spacial score (nSPS) is 11.4. The number of pyridine rings is 1. The van der Waals surface area contributed by atoms with Gasteiger partial charge in [0.05, 0.1) is 16.1 Å². The number of alkyl halides is 3. The summed E-state index contributed by atoms with van der Waals surface area (Å²) >= 11 is 6.65. The molecule has 0 aliphatic heterocycles. The van der Waals surface area contributed by atoms with Crippen LogP contribution in [0.5, 0.6) is 0 Å². The molecule has 3 nitrogen and oxygen atoms in total. The van der Waals surface area contributed by atoms with Gasteiger partial charge in [-0.1, -0.05) is 23.4 Å². The van der Waals surface area contributed by atoms with Crippen LogP contribution in [0.1, 0.15) is 15.9 Å². The number of carbonyl (C=O) groups is 1. The van der Waals surface area contributed by atoms with Crippen LogP contribution in [-0.4, -0.2) is 16.1 Å². The van der Waals surface area contributed by atoms with Gasteiger partial charge in [0, 0.05) is 11.1 Å². The van der Waals surface area contributed by atoms with Gasteiger partial charge < -0.3 is 5.11 Å². The summed E-state index contributed by atoms with van der Waals surface area (Å²) in [6, 6.07) is 5.95. The van der Waals surface area contributed by atoms with E-state index < -0.39 is 17.7 Å². The van der Waals surface area contributed by atoms with Crippen LogP contribution in [0.15, 0.2) is 46.5 Å². The lowest BCUT2D eigenvalue weighted by molar-refractivity contribution is -0.137. The molecule has 0 aliphatic rings. The van der Waals surface area contributed by atoms with Crippen molar-refractivity contribution in [3.8, 4) is 0 Å². The minimum Gasteiger partial charge on any atom is -0.478 e. The summed E-state index contributed by atoms with van der Waals surface area (Å²) in [7, 11) is 0. The van der Waals surface area contributed by atoms with E-state index in [4.69, 9.17) is 16.7 Å². The average molecular weight is 334 g/mol. The van der Waals surface area contributed by atoms with Crippen molar-refractivity contribution in [1.82, 2.24) is 4.98 Å². The van der Waals surface area contributed by atoms with E-state index in [0.717, 1.165) is 30.1 Å². The average Bonchev–Trinajstić information content (AvgIpc) is 2.40. The molecule has 0 radical (unpaired) electrons. The van der Waals surface area contributed by atoms with Crippen LogP contribution < -0.4 is 0 Å². The predicted molar refractivity (Wildman–Crippen MR) is 71.8 cm³/mol. The van der Waals surface area contributed by atoms with Crippen LogP contribution in [0.3, 0.4) is 0 Å². The Balaban J connectivity index is 2.31. The lowest BCUT2D eigenvalue weighted by atomic mass is 10.2. The molecular formula is C13H7ClF3NO2S. The van der Waals surface area contributed by atoms with Crippen molar-refractivity contribution in [3.05, 3.63) is 52.7 Å². The first-order valence-corrected chi connectivity index (χ1v) is 6.71. The number of hydrogen-bond donors (Lipinski definition) is 1. The second-order valence-electron chi connectivity index (χ2n) is 3.93. The van der Waals surface area contributed by atoms with E-state index in [1.165, 1.54) is 18.2 Å². The van der Waals surface area contributed by atoms with Gasteiger partial charge >= 0.3 is 12.1 Å². The Morgan fingerprint density at radius 3 is 2.57 bits per heavy atom. The maximum atomic E-state index is 12.6. The molecule has 8 heteroatoms. The van der Waals surface area contributed by atoms with Gasteiger partial charge in [0.1, 0.15) is 5.03 Å². The molecule has 0 saturated heterocycles. The van der Waals surface area contributed by atoms with Crippen LogP contribution in [0, 0.1) is 0 Å². The van der Waals surface area contributed by atoms with Crippen LogP contribution in [-0.2, 0) is 6.18 Å². The number of benzene rings is 1. The second kappa shape index (κ2) is 5.95. The van der Waals surface area contributed by atoms with E-state index in [0.29, 0.717) is 4.90 Å². The molecule has 1 aromatic carbocycles. The van der Waals surface area contributed by atoms with Gasteiger partial charge in [-0.05, 0) is 30.3 Å². The molecule has 2 rings (SSSR count). The summed E-state index contributed by atoms with van der Waals surface area (Å²) in [5.41, 5.74) is -0.930. The Morgan fingerprint density at radius 2 is 1.95 bits per heavy atom. The molecular weight excluding hydrogens is 327 g/mol. The van der Waals surface area contributed by atoms with Crippen molar-refractivity contribution in [2.45, 2.75) is 16.1 Å². The van der Waals surface area contributed by atoms with E-state index in [1.54, 1.807) is 0 Å². The molecule has 0 atom stereocenters. The highest BCUT2D eigenvalue weighted by Crippen LogP contribution is 2.34. The fourth-order valence-electron chi connectivity index (χ4n) is 1.49. The molecule has 0 bridgehead atoms. The van der Waals surface area contributed by atoms with Gasteiger partial charge in [-0.2, -0.15) is 13.2 Å². The van der Waals surface area contributed by atoms with Gasteiger partial charge in [-0.3, -0.25) is 0 Å². The summed E-state index contributed by atoms with van der Waals surface area (Å²) in [4.78, 5) is 15.2. The van der Waals surface area contributed by atoms with Gasteiger partial charge in [-0.15, -0.1) is 0 Å². The SMILES string of the molecule is O=C(O)c1cc(Sc2cc(C(F)(F)F)ccn2)ccc1Cl. The first-order valence-electron chi connectivity index (χ1n) is 5.51. The third-order valence-electron chi connectivity index (χ3n) is 2.45. The summed E-state index contributed by atoms with van der Waals surface area (Å²) in [6.45, 7) is 0. The number of nitrogens with zero attached hydrogens (tertiary/aromatic N) is 1. The summed E-state index contributed by atoms with van der Waals surface area (Å²) < 4.78 is 37.8. The molecule has 0 spiro atoms. The van der Waals surface area contributed by atoms with E-state index in [2.05, 4.69) is 4.98 Å². The lowest BCUT2D eigenvalue weighted by Gasteiger charge is -2.08. The largest absolute Gasteiger partial charge is 0.478 e. The maximum absolute atomic E-state index is 12.6. The molecule has 110 valence electrons. The summed E-state index contributed by atoms with van der Waals surface area (Å²) in [6.07, 6.45) is -3.40. The number of halogens is 4. The van der Waals surface area contributed by atoms with Crippen molar-refractivity contribution in [2.24, 2.45) is 0 Å². The Labute approximate surface area is 126 Å². The Hall–Kier alpha value is -1.73. The number of aromatic nitrogens is 1. The zero-order valence-electron chi connectivity index (χ0n) is 10.2. The van der Waals surface area contributed by atoms with Crippen LogP contribution >= 0.6 is 23.4 Å². The highest BCUT2D eigenvalue weighted by atomic mass is 35.5. The number of carboxylic acid groups (broad SMARTS) is 1. The predicted octanol–water partition coefficient (Wildman–Crippen LogP) is 4.60. The van der Waals surface area contributed by atoms with Crippen LogP contribution in [0.25, 0.3) is 0 Å². The van der Waals surface area contributed by atoms with Crippen molar-refractivity contribution in [3.63, 3.8) is 0 Å². The van der Waals surface area contributed by atoms with Crippen LogP contribution in [0.2, 0.25) is 5.02 Å². The number of aromatic carboxylic acids is 1. The van der Waals surface area contributed by atoms with E-state index in [1.807, 2.05) is 0 Å². The monoisotopic (exact) mass is 333 g/mol. The molecule has 0 aliphatic carbocycles. The van der Waals surface area contributed by atoms with Crippen molar-refractivity contribution in [1.29, 1.82) is 0 Å². The molecule has 1 aromatic heterocycles. The zero-order chi connectivity index (χ0) is 15.6. The van der Waals surface area contributed by atoms with Gasteiger partial charge in [0.25, 0.3) is 0 Å². The van der Waals surface area contributed by atoms with E-state index in [9.17, 15) is 18.0 Å². The third kappa shape index (κ3) is 3.89. The van der Waals surface area contributed by atoms with Gasteiger partial charge in [0.2, 0.25) is 0 Å². The fourth-order valence-corrected chi connectivity index (χ4v) is 2.55. The van der Waals surface area contributed by atoms with Crippen molar-refractivity contribution >= 4 is 29.3 Å². The first-order chi connectivity index (χ1) is 9.77. The Morgan fingerprint density at radius 1 is 1.24 bits per heavy atom. The molecule has 21 heavy (non-hydrogen) atoms. The minimum atomic E-state index is -4.45. The first kappa shape index (κ1) is 15.7. The maximum Gasteiger partial charge on any atom is 0.416 e. The van der Waals surface area contributed by atoms with E-state index in [-0.39, 0.29) is 15.6 Å². The number of rotatable bonds is 3. The molecule has 0 fully saturated rings. The molecule has 0 saturated carbocycles. The molecule has 1 heterocycles. The standard InChI is InChI=1S/C13H7ClF3NO2S/c14-10-2-1-8(6-9(10)12(19)20)21-11-5-7(3-4-18-11)13(15,16)17/h1-6H,(H,19,20). The van der Waals surface area contributed by atoms with Gasteiger partial charge in [0.15, 0.2) is 0 Å². The fraction of sp³-hybridized carbons (Fsp3) is 0.0769. The molecule has 0 amide bonds. The Bertz CT molecular complexity index is 691. The molecule has 1 N–H and O–H groups in total. The van der Waals surface area contributed by atoms with Crippen molar-refractivity contribution < 1.29 is 23.1 Å². The van der Waals surface area contributed by atoms with Crippen molar-refractivity contribution in [2.75, 3.05) is 0 Å². The Kier molecular flexibility index (Phi) is 4.43. The third-order valence-corrected chi connectivity index (χ3v) is 3.70. The smallest absolute Gasteiger partial charge is 0.416 e.